The summed E-state index contributed by atoms with van der Waals surface area (Å²) in [5.74, 6) is -1.44. The highest BCUT2D eigenvalue weighted by Crippen LogP contribution is 2.32. The summed E-state index contributed by atoms with van der Waals surface area (Å²) in [5, 5.41) is 0. The minimum Gasteiger partial charge on any atom is -0.466 e. The summed E-state index contributed by atoms with van der Waals surface area (Å²) in [6, 6.07) is 3.68. The number of carbonyl (C=O) groups is 3. The highest BCUT2D eigenvalue weighted by Gasteiger charge is 2.37. The Kier molecular flexibility index (Phi) is 3.88. The standard InChI is InChI=1S/C15H17NO4/c1-4-20-12(17)5-6-16-11-8-9(2)7-10(3)13(11)14(18)15(16)19/h7-8H,4-6H2,1-3H3. The number of amides is 1. The molecule has 0 aromatic heterocycles. The number of fused-ring (bicyclic) bond motifs is 1. The number of ether oxygens (including phenoxy) is 1. The van der Waals surface area contributed by atoms with Crippen molar-refractivity contribution in [2.45, 2.75) is 27.2 Å². The molecule has 2 rings (SSSR count). The predicted molar refractivity (Wildman–Crippen MR) is 73.8 cm³/mol. The van der Waals surface area contributed by atoms with Gasteiger partial charge in [0.1, 0.15) is 0 Å². The fourth-order valence-corrected chi connectivity index (χ4v) is 2.45. The van der Waals surface area contributed by atoms with Crippen molar-refractivity contribution in [2.75, 3.05) is 18.1 Å². The Balaban J connectivity index is 2.27. The Labute approximate surface area is 117 Å². The van der Waals surface area contributed by atoms with Crippen LogP contribution >= 0.6 is 0 Å². The van der Waals surface area contributed by atoms with E-state index in [4.69, 9.17) is 4.74 Å². The van der Waals surface area contributed by atoms with Gasteiger partial charge in [-0.1, -0.05) is 6.07 Å². The van der Waals surface area contributed by atoms with Crippen molar-refractivity contribution >= 4 is 23.3 Å². The normalized spacial score (nSPS) is 13.7. The monoisotopic (exact) mass is 275 g/mol. The molecule has 1 aliphatic rings. The van der Waals surface area contributed by atoms with Gasteiger partial charge < -0.3 is 9.64 Å². The summed E-state index contributed by atoms with van der Waals surface area (Å²) in [6.07, 6.45) is 0.0826. The maximum atomic E-state index is 12.0. The molecule has 0 bridgehead atoms. The lowest BCUT2D eigenvalue weighted by Gasteiger charge is -2.16. The van der Waals surface area contributed by atoms with Gasteiger partial charge in [-0.15, -0.1) is 0 Å². The molecule has 0 saturated carbocycles. The number of hydrogen-bond acceptors (Lipinski definition) is 4. The van der Waals surface area contributed by atoms with Gasteiger partial charge in [-0.3, -0.25) is 14.4 Å². The summed E-state index contributed by atoms with van der Waals surface area (Å²) >= 11 is 0. The van der Waals surface area contributed by atoms with Gasteiger partial charge >= 0.3 is 5.97 Å². The van der Waals surface area contributed by atoms with E-state index in [0.29, 0.717) is 17.9 Å². The van der Waals surface area contributed by atoms with Crippen LogP contribution in [0.2, 0.25) is 0 Å². The maximum absolute atomic E-state index is 12.0. The second-order valence-electron chi connectivity index (χ2n) is 4.82. The number of carbonyl (C=O) groups excluding carboxylic acids is 3. The topological polar surface area (TPSA) is 63.7 Å². The van der Waals surface area contributed by atoms with E-state index in [1.165, 1.54) is 4.90 Å². The maximum Gasteiger partial charge on any atom is 0.307 e. The molecule has 0 radical (unpaired) electrons. The number of Topliss-reactive ketones (excluding diaryl/α,β-unsaturated/α-hetero) is 1. The molecule has 0 saturated heterocycles. The lowest BCUT2D eigenvalue weighted by atomic mass is 10.0. The van der Waals surface area contributed by atoms with Crippen molar-refractivity contribution in [3.63, 3.8) is 0 Å². The first kappa shape index (κ1) is 14.2. The van der Waals surface area contributed by atoms with Crippen molar-refractivity contribution in [3.05, 3.63) is 28.8 Å². The van der Waals surface area contributed by atoms with E-state index in [2.05, 4.69) is 0 Å². The van der Waals surface area contributed by atoms with Crippen LogP contribution in [0.25, 0.3) is 0 Å². The molecule has 1 aromatic rings. The van der Waals surface area contributed by atoms with Gasteiger partial charge in [0, 0.05) is 6.54 Å². The van der Waals surface area contributed by atoms with Gasteiger partial charge in [0.2, 0.25) is 0 Å². The van der Waals surface area contributed by atoms with Crippen molar-refractivity contribution < 1.29 is 19.1 Å². The average molecular weight is 275 g/mol. The summed E-state index contributed by atoms with van der Waals surface area (Å²) in [6.45, 7) is 5.92. The van der Waals surface area contributed by atoms with Gasteiger partial charge in [0.25, 0.3) is 11.7 Å². The highest BCUT2D eigenvalue weighted by molar-refractivity contribution is 6.52. The zero-order valence-electron chi connectivity index (χ0n) is 11.9. The Bertz CT molecular complexity index is 592. The fourth-order valence-electron chi connectivity index (χ4n) is 2.45. The number of rotatable bonds is 4. The highest BCUT2D eigenvalue weighted by atomic mass is 16.5. The van der Waals surface area contributed by atoms with E-state index in [-0.39, 0.29) is 18.9 Å². The molecule has 0 spiro atoms. The van der Waals surface area contributed by atoms with E-state index < -0.39 is 11.7 Å². The molecule has 1 amide bonds. The number of nitrogens with zero attached hydrogens (tertiary/aromatic N) is 1. The zero-order chi connectivity index (χ0) is 14.9. The number of esters is 1. The van der Waals surface area contributed by atoms with Crippen LogP contribution in [0.1, 0.15) is 34.8 Å². The average Bonchev–Trinajstić information content (AvgIpc) is 2.60. The Hall–Kier alpha value is -2.17. The molecule has 1 aromatic carbocycles. The van der Waals surface area contributed by atoms with Crippen LogP contribution in [0.5, 0.6) is 0 Å². The van der Waals surface area contributed by atoms with Crippen LogP contribution in [0.4, 0.5) is 5.69 Å². The van der Waals surface area contributed by atoms with Crippen molar-refractivity contribution in [3.8, 4) is 0 Å². The van der Waals surface area contributed by atoms with Crippen molar-refractivity contribution in [1.82, 2.24) is 0 Å². The van der Waals surface area contributed by atoms with Crippen molar-refractivity contribution in [2.24, 2.45) is 0 Å². The van der Waals surface area contributed by atoms with Crippen LogP contribution in [-0.4, -0.2) is 30.8 Å². The van der Waals surface area contributed by atoms with Gasteiger partial charge in [0.15, 0.2) is 0 Å². The summed E-state index contributed by atoms with van der Waals surface area (Å²) < 4.78 is 4.84. The molecular weight excluding hydrogens is 258 g/mol. The molecule has 0 atom stereocenters. The lowest BCUT2D eigenvalue weighted by Crippen LogP contribution is -2.32. The third kappa shape index (κ3) is 2.43. The summed E-state index contributed by atoms with van der Waals surface area (Å²) in [4.78, 5) is 36.8. The molecule has 20 heavy (non-hydrogen) atoms. The second kappa shape index (κ2) is 5.45. The zero-order valence-corrected chi connectivity index (χ0v) is 11.9. The summed E-state index contributed by atoms with van der Waals surface area (Å²) in [5.41, 5.74) is 2.81. The number of anilines is 1. The first-order valence-corrected chi connectivity index (χ1v) is 6.58. The largest absolute Gasteiger partial charge is 0.466 e. The molecule has 0 fully saturated rings. The first-order chi connectivity index (χ1) is 9.45. The van der Waals surface area contributed by atoms with E-state index in [0.717, 1.165) is 11.1 Å². The fraction of sp³-hybridized carbons (Fsp3) is 0.400. The van der Waals surface area contributed by atoms with Crippen LogP contribution < -0.4 is 4.90 Å². The van der Waals surface area contributed by atoms with Crippen LogP contribution in [0.3, 0.4) is 0 Å². The van der Waals surface area contributed by atoms with E-state index >= 15 is 0 Å². The molecule has 1 aliphatic heterocycles. The van der Waals surface area contributed by atoms with Gasteiger partial charge in [-0.05, 0) is 38.0 Å². The van der Waals surface area contributed by atoms with Crippen molar-refractivity contribution in [1.29, 1.82) is 0 Å². The minimum absolute atomic E-state index is 0.0826. The Morgan fingerprint density at radius 3 is 2.60 bits per heavy atom. The Morgan fingerprint density at radius 2 is 1.95 bits per heavy atom. The van der Waals surface area contributed by atoms with Crippen LogP contribution in [0, 0.1) is 13.8 Å². The van der Waals surface area contributed by atoms with E-state index in [9.17, 15) is 14.4 Å². The van der Waals surface area contributed by atoms with Crippen LogP contribution in [0.15, 0.2) is 12.1 Å². The molecule has 0 unspecified atom stereocenters. The van der Waals surface area contributed by atoms with Crippen LogP contribution in [-0.2, 0) is 14.3 Å². The molecule has 5 heteroatoms. The number of ketones is 1. The molecule has 0 aliphatic carbocycles. The molecule has 106 valence electrons. The third-order valence-corrected chi connectivity index (χ3v) is 3.26. The molecule has 5 nitrogen and oxygen atoms in total. The van der Waals surface area contributed by atoms with E-state index in [1.54, 1.807) is 13.0 Å². The third-order valence-electron chi connectivity index (χ3n) is 3.26. The van der Waals surface area contributed by atoms with E-state index in [1.807, 2.05) is 19.9 Å². The summed E-state index contributed by atoms with van der Waals surface area (Å²) in [7, 11) is 0. The molecular formula is C15H17NO4. The van der Waals surface area contributed by atoms with Gasteiger partial charge in [0.05, 0.1) is 24.3 Å². The first-order valence-electron chi connectivity index (χ1n) is 6.58. The van der Waals surface area contributed by atoms with Gasteiger partial charge in [-0.25, -0.2) is 0 Å². The predicted octanol–water partition coefficient (Wildman–Crippen LogP) is 1.79. The number of benzene rings is 1. The minimum atomic E-state index is -0.571. The number of aryl methyl sites for hydroxylation is 2. The number of hydrogen-bond donors (Lipinski definition) is 0. The second-order valence-corrected chi connectivity index (χ2v) is 4.82. The molecule has 1 heterocycles. The Morgan fingerprint density at radius 1 is 1.25 bits per heavy atom. The molecule has 0 N–H and O–H groups in total. The quantitative estimate of drug-likeness (QED) is 0.620. The lowest BCUT2D eigenvalue weighted by molar-refractivity contribution is -0.142. The SMILES string of the molecule is CCOC(=O)CCN1C(=O)C(=O)c2c(C)cc(C)cc21. The smallest absolute Gasteiger partial charge is 0.307 e. The van der Waals surface area contributed by atoms with Gasteiger partial charge in [-0.2, -0.15) is 0 Å².